The Morgan fingerprint density at radius 2 is 2.08 bits per heavy atom. The van der Waals surface area contributed by atoms with E-state index in [2.05, 4.69) is 35.0 Å². The van der Waals surface area contributed by atoms with Crippen LogP contribution < -0.4 is 0 Å². The zero-order chi connectivity index (χ0) is 8.72. The molecule has 0 spiro atoms. The van der Waals surface area contributed by atoms with E-state index in [4.69, 9.17) is 11.6 Å². The van der Waals surface area contributed by atoms with Crippen LogP contribution in [0.4, 0.5) is 0 Å². The Labute approximate surface area is 86.1 Å². The number of benzene rings is 1. The molecule has 0 bridgehead atoms. The van der Waals surface area contributed by atoms with Gasteiger partial charge in [-0.25, -0.2) is 0 Å². The van der Waals surface area contributed by atoms with E-state index >= 15 is 0 Å². The second-order valence-electron chi connectivity index (χ2n) is 3.41. The molecule has 0 amide bonds. The van der Waals surface area contributed by atoms with Crippen molar-refractivity contribution in [1.82, 2.24) is 0 Å². The molecule has 1 aromatic rings. The lowest BCUT2D eigenvalue weighted by Crippen LogP contribution is -1.84. The van der Waals surface area contributed by atoms with Gasteiger partial charge >= 0.3 is 0 Å². The number of hydrogen-bond donors (Lipinski definition) is 0. The smallest absolute Gasteiger partial charge is 0.0553 e. The van der Waals surface area contributed by atoms with Crippen LogP contribution in [0.3, 0.4) is 0 Å². The minimum atomic E-state index is 0.786. The summed E-state index contributed by atoms with van der Waals surface area (Å²) in [5.41, 5.74) is 2.64. The van der Waals surface area contributed by atoms with Gasteiger partial charge in [0.25, 0.3) is 0 Å². The quantitative estimate of drug-likeness (QED) is 0.692. The van der Waals surface area contributed by atoms with E-state index in [0.29, 0.717) is 0 Å². The summed E-state index contributed by atoms with van der Waals surface area (Å²) in [5, 5.41) is 0.844. The first-order chi connectivity index (χ1) is 5.68. The van der Waals surface area contributed by atoms with Gasteiger partial charge in [-0.2, -0.15) is 0 Å². The standard InChI is InChI=1S/C10H10BrCl/c1-6-4-8(7-2-3-7)5-9(12)10(6)11/h4-5,7H,2-3H2,1H3. The molecule has 1 aliphatic rings. The van der Waals surface area contributed by atoms with Crippen LogP contribution in [0, 0.1) is 6.92 Å². The maximum absolute atomic E-state index is 6.04. The van der Waals surface area contributed by atoms with Crippen molar-refractivity contribution in [2.24, 2.45) is 0 Å². The Hall–Kier alpha value is -0.0100. The fourth-order valence-corrected chi connectivity index (χ4v) is 1.91. The molecule has 0 aliphatic heterocycles. The second kappa shape index (κ2) is 3.04. The monoisotopic (exact) mass is 244 g/mol. The Morgan fingerprint density at radius 3 is 2.58 bits per heavy atom. The van der Waals surface area contributed by atoms with Gasteiger partial charge in [0.2, 0.25) is 0 Å². The number of hydrogen-bond acceptors (Lipinski definition) is 0. The van der Waals surface area contributed by atoms with Crippen molar-refractivity contribution in [2.45, 2.75) is 25.7 Å². The summed E-state index contributed by atoms with van der Waals surface area (Å²) in [6, 6.07) is 4.31. The van der Waals surface area contributed by atoms with Gasteiger partial charge < -0.3 is 0 Å². The fraction of sp³-hybridized carbons (Fsp3) is 0.400. The van der Waals surface area contributed by atoms with Crippen molar-refractivity contribution in [3.63, 3.8) is 0 Å². The Kier molecular flexibility index (Phi) is 2.18. The zero-order valence-corrected chi connectivity index (χ0v) is 9.24. The van der Waals surface area contributed by atoms with Gasteiger partial charge in [-0.1, -0.05) is 17.7 Å². The first-order valence-corrected chi connectivity index (χ1v) is 5.31. The maximum atomic E-state index is 6.04. The Balaban J connectivity index is 2.45. The summed E-state index contributed by atoms with van der Waals surface area (Å²) in [6.07, 6.45) is 2.66. The van der Waals surface area contributed by atoms with Crippen LogP contribution in [0.5, 0.6) is 0 Å². The highest BCUT2D eigenvalue weighted by Gasteiger charge is 2.24. The summed E-state index contributed by atoms with van der Waals surface area (Å²) in [7, 11) is 0. The van der Waals surface area contributed by atoms with Crippen molar-refractivity contribution < 1.29 is 0 Å². The normalized spacial score (nSPS) is 16.6. The maximum Gasteiger partial charge on any atom is 0.0553 e. The van der Waals surface area contributed by atoms with E-state index in [9.17, 15) is 0 Å². The lowest BCUT2D eigenvalue weighted by atomic mass is 10.1. The molecule has 0 unspecified atom stereocenters. The van der Waals surface area contributed by atoms with E-state index in [1.54, 1.807) is 0 Å². The molecule has 0 aromatic heterocycles. The molecule has 0 nitrogen and oxygen atoms in total. The summed E-state index contributed by atoms with van der Waals surface area (Å²) in [6.45, 7) is 2.09. The summed E-state index contributed by atoms with van der Waals surface area (Å²) in [5.74, 6) is 0.786. The number of aryl methyl sites for hydroxylation is 1. The highest BCUT2D eigenvalue weighted by Crippen LogP contribution is 2.42. The van der Waals surface area contributed by atoms with E-state index in [1.807, 2.05) is 0 Å². The van der Waals surface area contributed by atoms with Crippen LogP contribution in [-0.4, -0.2) is 0 Å². The van der Waals surface area contributed by atoms with Crippen molar-refractivity contribution in [1.29, 1.82) is 0 Å². The third kappa shape index (κ3) is 1.53. The van der Waals surface area contributed by atoms with Crippen molar-refractivity contribution >= 4 is 27.5 Å². The first kappa shape index (κ1) is 8.58. The minimum absolute atomic E-state index is 0.786. The topological polar surface area (TPSA) is 0 Å². The highest BCUT2D eigenvalue weighted by atomic mass is 79.9. The molecular formula is C10H10BrCl. The van der Waals surface area contributed by atoms with Gasteiger partial charge in [-0.05, 0) is 58.8 Å². The molecule has 0 heterocycles. The number of halogens is 2. The van der Waals surface area contributed by atoms with E-state index in [1.165, 1.54) is 24.0 Å². The molecule has 0 saturated heterocycles. The summed E-state index contributed by atoms with van der Waals surface area (Å²) >= 11 is 9.49. The Morgan fingerprint density at radius 1 is 1.42 bits per heavy atom. The van der Waals surface area contributed by atoms with Gasteiger partial charge in [0.05, 0.1) is 5.02 Å². The SMILES string of the molecule is Cc1cc(C2CC2)cc(Cl)c1Br. The third-order valence-corrected chi connectivity index (χ3v) is 3.86. The molecule has 0 radical (unpaired) electrons. The molecule has 0 N–H and O–H groups in total. The van der Waals surface area contributed by atoms with Crippen LogP contribution in [0.15, 0.2) is 16.6 Å². The van der Waals surface area contributed by atoms with E-state index < -0.39 is 0 Å². The predicted octanol–water partition coefficient (Wildman–Crippen LogP) is 4.29. The molecule has 2 heteroatoms. The Bertz CT molecular complexity index is 293. The first-order valence-electron chi connectivity index (χ1n) is 4.14. The summed E-state index contributed by atoms with van der Waals surface area (Å²) < 4.78 is 1.04. The molecule has 1 fully saturated rings. The third-order valence-electron chi connectivity index (χ3n) is 2.28. The highest BCUT2D eigenvalue weighted by molar-refractivity contribution is 9.10. The van der Waals surface area contributed by atoms with E-state index in [-0.39, 0.29) is 0 Å². The van der Waals surface area contributed by atoms with Gasteiger partial charge in [-0.15, -0.1) is 0 Å². The van der Waals surface area contributed by atoms with Gasteiger partial charge in [0.15, 0.2) is 0 Å². The largest absolute Gasteiger partial charge is 0.0831 e. The molecule has 2 rings (SSSR count). The molecule has 1 saturated carbocycles. The zero-order valence-electron chi connectivity index (χ0n) is 6.90. The van der Waals surface area contributed by atoms with Gasteiger partial charge in [-0.3, -0.25) is 0 Å². The second-order valence-corrected chi connectivity index (χ2v) is 4.61. The predicted molar refractivity (Wildman–Crippen MR) is 55.9 cm³/mol. The molecular weight excluding hydrogens is 235 g/mol. The van der Waals surface area contributed by atoms with Crippen LogP contribution in [0.1, 0.15) is 29.9 Å². The molecule has 1 aromatic carbocycles. The molecule has 12 heavy (non-hydrogen) atoms. The van der Waals surface area contributed by atoms with Gasteiger partial charge in [0, 0.05) is 4.47 Å². The van der Waals surface area contributed by atoms with Crippen molar-refractivity contribution in [2.75, 3.05) is 0 Å². The lowest BCUT2D eigenvalue weighted by molar-refractivity contribution is 1.12. The van der Waals surface area contributed by atoms with Gasteiger partial charge in [0.1, 0.15) is 0 Å². The van der Waals surface area contributed by atoms with Crippen LogP contribution >= 0.6 is 27.5 Å². The fourth-order valence-electron chi connectivity index (χ4n) is 1.41. The average Bonchev–Trinajstić information content (AvgIpc) is 2.81. The van der Waals surface area contributed by atoms with Crippen LogP contribution in [0.25, 0.3) is 0 Å². The molecule has 1 aliphatic carbocycles. The van der Waals surface area contributed by atoms with Crippen molar-refractivity contribution in [3.8, 4) is 0 Å². The summed E-state index contributed by atoms with van der Waals surface area (Å²) in [4.78, 5) is 0. The van der Waals surface area contributed by atoms with E-state index in [0.717, 1.165) is 15.4 Å². The lowest BCUT2D eigenvalue weighted by Gasteiger charge is -2.04. The molecule has 64 valence electrons. The van der Waals surface area contributed by atoms with Crippen LogP contribution in [0.2, 0.25) is 5.02 Å². The van der Waals surface area contributed by atoms with Crippen LogP contribution in [-0.2, 0) is 0 Å². The average molecular weight is 246 g/mol. The van der Waals surface area contributed by atoms with Crippen molar-refractivity contribution in [3.05, 3.63) is 32.8 Å². The minimum Gasteiger partial charge on any atom is -0.0831 e. The molecule has 0 atom stereocenters. The number of rotatable bonds is 1.